The number of fused-ring (bicyclic) bond motifs is 2. The molecule has 0 aliphatic rings. The molecule has 0 radical (unpaired) electrons. The van der Waals surface area contributed by atoms with Crippen LogP contribution in [0.5, 0.6) is 5.06 Å². The number of methoxy groups -OCH3 is 1. The predicted molar refractivity (Wildman–Crippen MR) is 97.6 cm³/mol. The zero-order valence-corrected chi connectivity index (χ0v) is 13.9. The number of nitroso groups, excluding NO2 is 1. The molecule has 2 heterocycles. The normalized spacial score (nSPS) is 11.1. The monoisotopic (exact) mass is 352 g/mol. The highest BCUT2D eigenvalue weighted by Gasteiger charge is 2.22. The summed E-state index contributed by atoms with van der Waals surface area (Å²) in [4.78, 5) is 26.4. The van der Waals surface area contributed by atoms with E-state index in [1.165, 1.54) is 18.4 Å². The van der Waals surface area contributed by atoms with Crippen molar-refractivity contribution < 1.29 is 14.6 Å². The lowest BCUT2D eigenvalue weighted by molar-refractivity contribution is 0.0601. The van der Waals surface area contributed by atoms with Gasteiger partial charge in [0.15, 0.2) is 5.06 Å². The molecule has 0 saturated carbocycles. The fourth-order valence-corrected chi connectivity index (χ4v) is 3.92. The lowest BCUT2D eigenvalue weighted by Gasteiger charge is -1.99. The van der Waals surface area contributed by atoms with E-state index in [9.17, 15) is 14.8 Å². The number of aromatic amines is 1. The lowest BCUT2D eigenvalue weighted by Crippen LogP contribution is -2.00. The molecular formula is C18H12N2O4S. The Hall–Kier alpha value is -3.19. The third-order valence-corrected chi connectivity index (χ3v) is 5.08. The maximum atomic E-state index is 11.7. The van der Waals surface area contributed by atoms with Gasteiger partial charge in [0.1, 0.15) is 5.69 Å². The minimum absolute atomic E-state index is 0.103. The van der Waals surface area contributed by atoms with Gasteiger partial charge in [-0.2, -0.15) is 0 Å². The van der Waals surface area contributed by atoms with Crippen LogP contribution >= 0.6 is 11.3 Å². The summed E-state index contributed by atoms with van der Waals surface area (Å²) < 4.78 is 5.62. The molecule has 0 fully saturated rings. The number of thiophene rings is 1. The molecule has 25 heavy (non-hydrogen) atoms. The number of benzene rings is 2. The van der Waals surface area contributed by atoms with Crippen LogP contribution in [0.15, 0.2) is 47.6 Å². The molecule has 0 amide bonds. The van der Waals surface area contributed by atoms with Gasteiger partial charge in [-0.25, -0.2) is 4.79 Å². The first kappa shape index (κ1) is 15.3. The van der Waals surface area contributed by atoms with Gasteiger partial charge in [0, 0.05) is 21.0 Å². The highest BCUT2D eigenvalue weighted by atomic mass is 32.1. The average molecular weight is 352 g/mol. The fourth-order valence-electron chi connectivity index (χ4n) is 2.97. The largest absolute Gasteiger partial charge is 0.499 e. The van der Waals surface area contributed by atoms with Crippen LogP contribution in [0.3, 0.4) is 0 Å². The summed E-state index contributed by atoms with van der Waals surface area (Å²) in [7, 11) is 1.30. The molecule has 0 unspecified atom stereocenters. The van der Waals surface area contributed by atoms with Crippen LogP contribution in [0.25, 0.3) is 32.2 Å². The first-order valence-corrected chi connectivity index (χ1v) is 8.24. The van der Waals surface area contributed by atoms with Crippen molar-refractivity contribution in [3.05, 3.63) is 52.9 Å². The SMILES string of the molecule is COC(=O)c1ccc2[nH]c(-c3c(O)sc4ccccc34)c(N=O)c2c1. The Balaban J connectivity index is 2.03. The molecule has 0 spiro atoms. The Bertz CT molecular complexity index is 1140. The molecule has 0 atom stereocenters. The number of nitrogens with one attached hydrogen (secondary N) is 1. The number of hydrogen-bond donors (Lipinski definition) is 2. The molecule has 4 rings (SSSR count). The molecule has 2 aromatic heterocycles. The van der Waals surface area contributed by atoms with E-state index in [2.05, 4.69) is 10.2 Å². The van der Waals surface area contributed by atoms with Gasteiger partial charge in [-0.15, -0.1) is 4.91 Å². The van der Waals surface area contributed by atoms with Gasteiger partial charge in [-0.1, -0.05) is 29.5 Å². The quantitative estimate of drug-likeness (QED) is 0.403. The van der Waals surface area contributed by atoms with Crippen molar-refractivity contribution in [1.29, 1.82) is 0 Å². The molecule has 124 valence electrons. The van der Waals surface area contributed by atoms with Crippen LogP contribution in [0.4, 0.5) is 5.69 Å². The number of nitrogens with zero attached hydrogens (tertiary/aromatic N) is 1. The standard InChI is InChI=1S/C18H12N2O4S/c1-24-17(21)9-6-7-12-11(8-9)15(20-23)16(19-12)14-10-4-2-3-5-13(10)25-18(14)22/h2-8,19,22H,1H3. The van der Waals surface area contributed by atoms with Crippen molar-refractivity contribution in [2.45, 2.75) is 0 Å². The lowest BCUT2D eigenvalue weighted by atomic mass is 10.1. The second-order valence-corrected chi connectivity index (χ2v) is 6.50. The van der Waals surface area contributed by atoms with Gasteiger partial charge >= 0.3 is 5.97 Å². The molecule has 4 aromatic rings. The summed E-state index contributed by atoms with van der Waals surface area (Å²) >= 11 is 1.23. The van der Waals surface area contributed by atoms with Gasteiger partial charge in [0.2, 0.25) is 0 Å². The summed E-state index contributed by atoms with van der Waals surface area (Å²) in [5.74, 6) is -0.495. The highest BCUT2D eigenvalue weighted by molar-refractivity contribution is 7.21. The van der Waals surface area contributed by atoms with Crippen molar-refractivity contribution in [2.75, 3.05) is 7.11 Å². The third-order valence-electron chi connectivity index (χ3n) is 4.11. The molecule has 0 aliphatic heterocycles. The van der Waals surface area contributed by atoms with Crippen molar-refractivity contribution in [2.24, 2.45) is 5.18 Å². The molecular weight excluding hydrogens is 340 g/mol. The minimum Gasteiger partial charge on any atom is -0.499 e. The smallest absolute Gasteiger partial charge is 0.337 e. The number of H-pyrrole nitrogens is 1. The average Bonchev–Trinajstić information content (AvgIpc) is 3.15. The number of aromatic nitrogens is 1. The molecule has 0 saturated heterocycles. The van der Waals surface area contributed by atoms with Crippen LogP contribution < -0.4 is 0 Å². The summed E-state index contributed by atoms with van der Waals surface area (Å²) in [6.07, 6.45) is 0. The van der Waals surface area contributed by atoms with E-state index < -0.39 is 5.97 Å². The van der Waals surface area contributed by atoms with Gasteiger partial charge in [0.25, 0.3) is 0 Å². The predicted octanol–water partition coefficient (Wildman–Crippen LogP) is 4.94. The fraction of sp³-hybridized carbons (Fsp3) is 0.0556. The maximum absolute atomic E-state index is 11.7. The van der Waals surface area contributed by atoms with Crippen LogP contribution in [-0.4, -0.2) is 23.2 Å². The zero-order chi connectivity index (χ0) is 17.6. The Kier molecular flexibility index (Phi) is 3.51. The van der Waals surface area contributed by atoms with Crippen LogP contribution in [0.1, 0.15) is 10.4 Å². The number of rotatable bonds is 3. The topological polar surface area (TPSA) is 91.8 Å². The van der Waals surface area contributed by atoms with Crippen molar-refractivity contribution in [3.8, 4) is 16.3 Å². The van der Waals surface area contributed by atoms with E-state index >= 15 is 0 Å². The van der Waals surface area contributed by atoms with E-state index in [4.69, 9.17) is 4.74 Å². The minimum atomic E-state index is -0.495. The van der Waals surface area contributed by atoms with E-state index in [1.54, 1.807) is 18.2 Å². The third kappa shape index (κ3) is 2.28. The van der Waals surface area contributed by atoms with Gasteiger partial charge in [0.05, 0.1) is 23.9 Å². The van der Waals surface area contributed by atoms with E-state index in [-0.39, 0.29) is 10.8 Å². The van der Waals surface area contributed by atoms with Crippen LogP contribution in [0, 0.1) is 4.91 Å². The number of carbonyl (C=O) groups excluding carboxylic acids is 1. The first-order chi connectivity index (χ1) is 12.1. The Morgan fingerprint density at radius 1 is 1.20 bits per heavy atom. The van der Waals surface area contributed by atoms with E-state index in [1.807, 2.05) is 24.3 Å². The summed E-state index contributed by atoms with van der Waals surface area (Å²) in [5, 5.41) is 15.0. The molecule has 0 aliphatic carbocycles. The molecule has 2 aromatic carbocycles. The first-order valence-electron chi connectivity index (χ1n) is 7.42. The Morgan fingerprint density at radius 2 is 2.00 bits per heavy atom. The van der Waals surface area contributed by atoms with Crippen molar-refractivity contribution in [1.82, 2.24) is 4.98 Å². The number of ether oxygens (including phenoxy) is 1. The molecule has 7 heteroatoms. The van der Waals surface area contributed by atoms with Gasteiger partial charge in [-0.05, 0) is 29.4 Å². The van der Waals surface area contributed by atoms with Crippen molar-refractivity contribution in [3.63, 3.8) is 0 Å². The second-order valence-electron chi connectivity index (χ2n) is 5.47. The Morgan fingerprint density at radius 3 is 2.76 bits per heavy atom. The van der Waals surface area contributed by atoms with Gasteiger partial charge < -0.3 is 14.8 Å². The van der Waals surface area contributed by atoms with Crippen LogP contribution in [-0.2, 0) is 4.74 Å². The Labute approximate surface area is 145 Å². The number of esters is 1. The number of carbonyl (C=O) groups is 1. The highest BCUT2D eigenvalue weighted by Crippen LogP contribution is 2.48. The summed E-state index contributed by atoms with van der Waals surface area (Å²) in [5.41, 5.74) is 2.09. The second kappa shape index (κ2) is 5.71. The van der Waals surface area contributed by atoms with Crippen LogP contribution in [0.2, 0.25) is 0 Å². The summed E-state index contributed by atoms with van der Waals surface area (Å²) in [6, 6.07) is 12.4. The molecule has 0 bridgehead atoms. The molecule has 6 nitrogen and oxygen atoms in total. The number of hydrogen-bond acceptors (Lipinski definition) is 6. The zero-order valence-electron chi connectivity index (χ0n) is 13.1. The van der Waals surface area contributed by atoms with Crippen molar-refractivity contribution >= 4 is 44.0 Å². The van der Waals surface area contributed by atoms with E-state index in [0.29, 0.717) is 27.7 Å². The number of aromatic hydroxyl groups is 1. The van der Waals surface area contributed by atoms with E-state index in [0.717, 1.165) is 10.1 Å². The van der Waals surface area contributed by atoms with Gasteiger partial charge in [-0.3, -0.25) is 0 Å². The molecule has 2 N–H and O–H groups in total. The maximum Gasteiger partial charge on any atom is 0.337 e. The summed E-state index contributed by atoms with van der Waals surface area (Å²) in [6.45, 7) is 0.